The Balaban J connectivity index is 2.74. The summed E-state index contributed by atoms with van der Waals surface area (Å²) in [7, 11) is 0. The van der Waals surface area contributed by atoms with Gasteiger partial charge in [0.25, 0.3) is 0 Å². The first-order chi connectivity index (χ1) is 5.18. The molecule has 1 aromatic carbocycles. The van der Waals surface area contributed by atoms with Crippen LogP contribution in [0.4, 0.5) is 5.69 Å². The number of guanidine groups is 1. The predicted molar refractivity (Wildman–Crippen MR) is 47.8 cm³/mol. The number of nitrogens with two attached hydrogens (primary N) is 1. The summed E-state index contributed by atoms with van der Waals surface area (Å²) in [6.45, 7) is 0. The minimum absolute atomic E-state index is 0.0675. The third-order valence-corrected chi connectivity index (χ3v) is 1.41. The van der Waals surface area contributed by atoms with Crippen molar-refractivity contribution in [3.63, 3.8) is 0 Å². The average Bonchev–Trinajstić information content (AvgIpc) is 1.93. The van der Waals surface area contributed by atoms with Gasteiger partial charge in [0, 0.05) is 10.6 Å². The van der Waals surface area contributed by atoms with Crippen molar-refractivity contribution in [2.24, 2.45) is 5.73 Å². The second-order valence-corrected chi connectivity index (χ2v) is 2.53. The van der Waals surface area contributed by atoms with E-state index in [1.54, 1.807) is 24.3 Å². The van der Waals surface area contributed by atoms with Crippen LogP contribution in [-0.2, 0) is 0 Å². The lowest BCUT2D eigenvalue weighted by Crippen LogP contribution is -2.20. The van der Waals surface area contributed by atoms with E-state index >= 15 is 0 Å². The first-order valence-electron chi connectivity index (χ1n) is 3.06. The highest BCUT2D eigenvalue weighted by molar-refractivity contribution is 7.80. The molecule has 0 fully saturated rings. The summed E-state index contributed by atoms with van der Waals surface area (Å²) in [6.07, 6.45) is 0. The molecule has 0 atom stereocenters. The molecular weight excluding hydrogens is 158 g/mol. The lowest BCUT2D eigenvalue weighted by atomic mass is 10.3. The molecular formula is C7H8N3S. The highest BCUT2D eigenvalue weighted by atomic mass is 32.1. The molecule has 0 unspecified atom stereocenters. The highest BCUT2D eigenvalue weighted by Gasteiger charge is 1.91. The molecule has 0 aromatic heterocycles. The number of hydrogen-bond donors (Lipinski definition) is 3. The zero-order valence-corrected chi connectivity index (χ0v) is 6.61. The Hall–Kier alpha value is -1.29. The van der Waals surface area contributed by atoms with Gasteiger partial charge in [0.1, 0.15) is 0 Å². The van der Waals surface area contributed by atoms with Crippen molar-refractivity contribution in [3.8, 4) is 0 Å². The normalized spacial score (nSPS) is 9.09. The molecule has 57 valence electrons. The van der Waals surface area contributed by atoms with E-state index in [1.165, 1.54) is 0 Å². The van der Waals surface area contributed by atoms with Crippen LogP contribution in [0.5, 0.6) is 0 Å². The molecule has 0 saturated carbocycles. The first-order valence-corrected chi connectivity index (χ1v) is 3.47. The van der Waals surface area contributed by atoms with E-state index in [0.717, 1.165) is 10.6 Å². The summed E-state index contributed by atoms with van der Waals surface area (Å²) in [5, 5.41) is 9.57. The maximum Gasteiger partial charge on any atom is 0.190 e. The molecule has 1 rings (SSSR count). The van der Waals surface area contributed by atoms with Crippen LogP contribution in [0.1, 0.15) is 0 Å². The molecule has 3 nitrogen and oxygen atoms in total. The summed E-state index contributed by atoms with van der Waals surface area (Å²) in [6, 6.07) is 7.12. The Morgan fingerprint density at radius 2 is 1.91 bits per heavy atom. The number of anilines is 1. The van der Waals surface area contributed by atoms with Crippen LogP contribution in [0.2, 0.25) is 0 Å². The van der Waals surface area contributed by atoms with Gasteiger partial charge in [-0.15, -0.1) is 0 Å². The molecule has 0 spiro atoms. The van der Waals surface area contributed by atoms with E-state index in [9.17, 15) is 0 Å². The van der Waals surface area contributed by atoms with Gasteiger partial charge in [-0.25, -0.2) is 0 Å². The van der Waals surface area contributed by atoms with Gasteiger partial charge in [-0.1, -0.05) is 12.6 Å². The second kappa shape index (κ2) is 3.21. The quantitative estimate of drug-likeness (QED) is 0.438. The zero-order chi connectivity index (χ0) is 8.27. The van der Waals surface area contributed by atoms with Gasteiger partial charge in [0.15, 0.2) is 5.96 Å². The van der Waals surface area contributed by atoms with E-state index in [0.29, 0.717) is 0 Å². The molecule has 0 amide bonds. The maximum atomic E-state index is 6.93. The topological polar surface area (TPSA) is 61.9 Å². The smallest absolute Gasteiger partial charge is 0.190 e. The summed E-state index contributed by atoms with van der Waals surface area (Å²) >= 11 is 4.87. The Bertz CT molecular complexity index is 255. The van der Waals surface area contributed by atoms with Crippen LogP contribution in [0.25, 0.3) is 0 Å². The first kappa shape index (κ1) is 7.81. The third kappa shape index (κ3) is 2.43. The van der Waals surface area contributed by atoms with Gasteiger partial charge in [0.2, 0.25) is 0 Å². The van der Waals surface area contributed by atoms with Crippen molar-refractivity contribution in [2.75, 3.05) is 5.32 Å². The Labute approximate surface area is 70.5 Å². The fourth-order valence-electron chi connectivity index (χ4n) is 0.694. The molecule has 0 aliphatic carbocycles. The third-order valence-electron chi connectivity index (χ3n) is 1.13. The summed E-state index contributed by atoms with van der Waals surface area (Å²) in [5.41, 5.74) is 5.89. The fourth-order valence-corrected chi connectivity index (χ4v) is 0.830. The molecule has 1 aromatic rings. The molecule has 4 N–H and O–H groups in total. The number of nitrogens with one attached hydrogen (secondary N) is 2. The van der Waals surface area contributed by atoms with E-state index in [-0.39, 0.29) is 5.96 Å². The molecule has 11 heavy (non-hydrogen) atoms. The van der Waals surface area contributed by atoms with Gasteiger partial charge < -0.3 is 11.1 Å². The van der Waals surface area contributed by atoms with Crippen molar-refractivity contribution in [1.82, 2.24) is 0 Å². The van der Waals surface area contributed by atoms with Crippen molar-refractivity contribution < 1.29 is 0 Å². The second-order valence-electron chi connectivity index (χ2n) is 2.06. The van der Waals surface area contributed by atoms with Gasteiger partial charge in [0.05, 0.1) is 0 Å². The number of hydrogen-bond acceptors (Lipinski definition) is 1. The lowest BCUT2D eigenvalue weighted by Gasteiger charge is -2.01. The van der Waals surface area contributed by atoms with E-state index in [1.807, 2.05) is 0 Å². The highest BCUT2D eigenvalue weighted by Crippen LogP contribution is 2.10. The number of benzene rings is 1. The van der Waals surface area contributed by atoms with Crippen LogP contribution in [0.3, 0.4) is 0 Å². The molecule has 0 bridgehead atoms. The van der Waals surface area contributed by atoms with Crippen LogP contribution >= 0.6 is 12.6 Å². The predicted octanol–water partition coefficient (Wildman–Crippen LogP) is 1.55. The van der Waals surface area contributed by atoms with Crippen molar-refractivity contribution in [2.45, 2.75) is 4.90 Å². The van der Waals surface area contributed by atoms with Crippen molar-refractivity contribution >= 4 is 24.3 Å². The Kier molecular flexibility index (Phi) is 2.28. The standard InChI is InChI=1S/C7H8N3S/c8-7(9)10-5-1-3-6(11)4-2-5/h1-4H,(H4,8,9,10). The van der Waals surface area contributed by atoms with E-state index in [4.69, 9.17) is 23.8 Å². The minimum Gasteiger partial charge on any atom is -0.370 e. The van der Waals surface area contributed by atoms with Crippen molar-refractivity contribution in [1.29, 1.82) is 5.41 Å². The summed E-state index contributed by atoms with van der Waals surface area (Å²) in [5.74, 6) is -0.0675. The summed E-state index contributed by atoms with van der Waals surface area (Å²) in [4.78, 5) is 0.777. The molecule has 0 aliphatic heterocycles. The molecule has 0 heterocycles. The SMILES string of the molecule is N=C(N)Nc1ccc([S])cc1. The van der Waals surface area contributed by atoms with Gasteiger partial charge in [-0.05, 0) is 24.3 Å². The summed E-state index contributed by atoms with van der Waals surface area (Å²) < 4.78 is 0. The molecule has 1 radical (unpaired) electrons. The maximum absolute atomic E-state index is 6.93. The minimum atomic E-state index is -0.0675. The van der Waals surface area contributed by atoms with Crippen LogP contribution in [-0.4, -0.2) is 5.96 Å². The Morgan fingerprint density at radius 3 is 2.36 bits per heavy atom. The van der Waals surface area contributed by atoms with Crippen LogP contribution < -0.4 is 11.1 Å². The number of rotatable bonds is 1. The Morgan fingerprint density at radius 1 is 1.36 bits per heavy atom. The molecule has 0 saturated heterocycles. The van der Waals surface area contributed by atoms with Gasteiger partial charge >= 0.3 is 0 Å². The largest absolute Gasteiger partial charge is 0.370 e. The van der Waals surface area contributed by atoms with E-state index < -0.39 is 0 Å². The zero-order valence-electron chi connectivity index (χ0n) is 5.79. The van der Waals surface area contributed by atoms with Gasteiger partial charge in [-0.2, -0.15) is 0 Å². The monoisotopic (exact) mass is 166 g/mol. The fraction of sp³-hybridized carbons (Fsp3) is 0. The van der Waals surface area contributed by atoms with Crippen LogP contribution in [0.15, 0.2) is 29.2 Å². The average molecular weight is 166 g/mol. The molecule has 0 aliphatic rings. The lowest BCUT2D eigenvalue weighted by molar-refractivity contribution is 1.39. The van der Waals surface area contributed by atoms with Crippen molar-refractivity contribution in [3.05, 3.63) is 24.3 Å². The van der Waals surface area contributed by atoms with E-state index in [2.05, 4.69) is 5.32 Å². The van der Waals surface area contributed by atoms with Gasteiger partial charge in [-0.3, -0.25) is 5.41 Å². The molecule has 4 heteroatoms. The van der Waals surface area contributed by atoms with Crippen LogP contribution in [0, 0.1) is 5.41 Å².